The van der Waals surface area contributed by atoms with Crippen molar-refractivity contribution in [1.29, 1.82) is 0 Å². The van der Waals surface area contributed by atoms with Gasteiger partial charge in [-0.05, 0) is 49.8 Å². The summed E-state index contributed by atoms with van der Waals surface area (Å²) in [5, 5.41) is 2.93. The summed E-state index contributed by atoms with van der Waals surface area (Å²) in [5.41, 5.74) is 0.476. The van der Waals surface area contributed by atoms with Gasteiger partial charge >= 0.3 is 0 Å². The molecule has 1 saturated heterocycles. The average Bonchev–Trinajstić information content (AvgIpc) is 3.08. The highest BCUT2D eigenvalue weighted by Gasteiger charge is 2.28. The molecule has 2 heterocycles. The van der Waals surface area contributed by atoms with Crippen LogP contribution in [0.3, 0.4) is 0 Å². The molecule has 2 aliphatic rings. The van der Waals surface area contributed by atoms with Gasteiger partial charge in [-0.2, -0.15) is 0 Å². The first kappa shape index (κ1) is 17.6. The van der Waals surface area contributed by atoms with Gasteiger partial charge in [0.2, 0.25) is 12.7 Å². The molecule has 1 aromatic rings. The Morgan fingerprint density at radius 2 is 1.84 bits per heavy atom. The largest absolute Gasteiger partial charge is 0.454 e. The number of rotatable bonds is 5. The van der Waals surface area contributed by atoms with Crippen LogP contribution >= 0.6 is 0 Å². The highest BCUT2D eigenvalue weighted by molar-refractivity contribution is 5.98. The lowest BCUT2D eigenvalue weighted by Gasteiger charge is -2.31. The summed E-state index contributed by atoms with van der Waals surface area (Å²) in [4.78, 5) is 27.4. The number of fused-ring (bicyclic) bond motifs is 1. The van der Waals surface area contributed by atoms with Crippen LogP contribution in [0, 0.1) is 5.92 Å². The van der Waals surface area contributed by atoms with Gasteiger partial charge in [0.15, 0.2) is 11.5 Å². The van der Waals surface area contributed by atoms with Crippen molar-refractivity contribution >= 4 is 11.8 Å². The maximum absolute atomic E-state index is 12.9. The smallest absolute Gasteiger partial charge is 0.252 e. The Labute approximate surface area is 148 Å². The Morgan fingerprint density at radius 3 is 2.56 bits per heavy atom. The van der Waals surface area contributed by atoms with Crippen LogP contribution in [0.1, 0.15) is 49.9 Å². The molecule has 0 bridgehead atoms. The predicted octanol–water partition coefficient (Wildman–Crippen LogP) is 2.57. The van der Waals surface area contributed by atoms with E-state index >= 15 is 0 Å². The zero-order valence-electron chi connectivity index (χ0n) is 14.9. The molecule has 2 amide bonds. The van der Waals surface area contributed by atoms with Gasteiger partial charge in [0, 0.05) is 18.7 Å². The maximum atomic E-state index is 12.9. The van der Waals surface area contributed by atoms with Crippen molar-refractivity contribution in [2.24, 2.45) is 5.92 Å². The Hall–Kier alpha value is -2.24. The van der Waals surface area contributed by atoms with E-state index in [4.69, 9.17) is 9.47 Å². The SMILES string of the molecule is CC(C)C[C@@H](NC(=O)c1ccc2c(c1)OCO2)C(=O)N1CCCCC1. The van der Waals surface area contributed by atoms with E-state index in [-0.39, 0.29) is 18.6 Å². The molecule has 2 aliphatic heterocycles. The number of piperidine rings is 1. The summed E-state index contributed by atoms with van der Waals surface area (Å²) < 4.78 is 10.6. The van der Waals surface area contributed by atoms with Crippen LogP contribution in [-0.2, 0) is 4.79 Å². The molecule has 0 aliphatic carbocycles. The number of ether oxygens (including phenoxy) is 2. The standard InChI is InChI=1S/C19H26N2O4/c1-13(2)10-15(19(23)21-8-4-3-5-9-21)20-18(22)14-6-7-16-17(11-14)25-12-24-16/h6-7,11,13,15H,3-5,8-10,12H2,1-2H3,(H,20,22)/t15-/m1/s1. The molecular weight excluding hydrogens is 320 g/mol. The summed E-state index contributed by atoms with van der Waals surface area (Å²) in [5.74, 6) is 1.29. The predicted molar refractivity (Wildman–Crippen MR) is 93.7 cm³/mol. The Balaban J connectivity index is 1.70. The zero-order valence-corrected chi connectivity index (χ0v) is 14.9. The molecule has 25 heavy (non-hydrogen) atoms. The molecule has 0 radical (unpaired) electrons. The minimum absolute atomic E-state index is 0.0301. The normalized spacial score (nSPS) is 17.5. The molecular formula is C19H26N2O4. The number of nitrogens with one attached hydrogen (secondary N) is 1. The fraction of sp³-hybridized carbons (Fsp3) is 0.579. The van der Waals surface area contributed by atoms with E-state index in [0.29, 0.717) is 29.4 Å². The minimum Gasteiger partial charge on any atom is -0.454 e. The summed E-state index contributed by atoms with van der Waals surface area (Å²) in [6.07, 6.45) is 3.88. The van der Waals surface area contributed by atoms with Gasteiger partial charge in [-0.3, -0.25) is 9.59 Å². The number of nitrogens with zero attached hydrogens (tertiary/aromatic N) is 1. The fourth-order valence-corrected chi connectivity index (χ4v) is 3.31. The number of benzene rings is 1. The Morgan fingerprint density at radius 1 is 1.12 bits per heavy atom. The highest BCUT2D eigenvalue weighted by atomic mass is 16.7. The molecule has 1 atom stereocenters. The summed E-state index contributed by atoms with van der Waals surface area (Å²) in [6.45, 7) is 5.86. The van der Waals surface area contributed by atoms with Crippen molar-refractivity contribution in [1.82, 2.24) is 10.2 Å². The third-order valence-corrected chi connectivity index (χ3v) is 4.61. The van der Waals surface area contributed by atoms with Crippen molar-refractivity contribution in [2.75, 3.05) is 19.9 Å². The van der Waals surface area contributed by atoms with Gasteiger partial charge in [0.1, 0.15) is 6.04 Å². The third kappa shape index (κ3) is 4.24. The number of hydrogen-bond donors (Lipinski definition) is 1. The van der Waals surface area contributed by atoms with Crippen LogP contribution in [0.4, 0.5) is 0 Å². The molecule has 1 aromatic carbocycles. The lowest BCUT2D eigenvalue weighted by molar-refractivity contribution is -0.134. The number of hydrogen-bond acceptors (Lipinski definition) is 4. The summed E-state index contributed by atoms with van der Waals surface area (Å²) in [7, 11) is 0. The van der Waals surface area contributed by atoms with E-state index in [1.807, 2.05) is 4.90 Å². The Kier molecular flexibility index (Phi) is 5.46. The van der Waals surface area contributed by atoms with Crippen molar-refractivity contribution in [3.8, 4) is 11.5 Å². The molecule has 1 fully saturated rings. The molecule has 0 aromatic heterocycles. The minimum atomic E-state index is -0.490. The first-order valence-corrected chi connectivity index (χ1v) is 9.04. The second-order valence-corrected chi connectivity index (χ2v) is 7.11. The third-order valence-electron chi connectivity index (χ3n) is 4.61. The molecule has 6 heteroatoms. The van der Waals surface area contributed by atoms with E-state index in [2.05, 4.69) is 19.2 Å². The fourth-order valence-electron chi connectivity index (χ4n) is 3.31. The van der Waals surface area contributed by atoms with Crippen molar-refractivity contribution in [2.45, 2.75) is 45.6 Å². The van der Waals surface area contributed by atoms with Gasteiger partial charge in [0.05, 0.1) is 0 Å². The molecule has 3 rings (SSSR count). The summed E-state index contributed by atoms with van der Waals surface area (Å²) in [6, 6.07) is 4.59. The van der Waals surface area contributed by atoms with Gasteiger partial charge in [-0.1, -0.05) is 13.8 Å². The lowest BCUT2D eigenvalue weighted by atomic mass is 10.0. The van der Waals surface area contributed by atoms with Gasteiger partial charge in [0.25, 0.3) is 5.91 Å². The summed E-state index contributed by atoms with van der Waals surface area (Å²) >= 11 is 0. The lowest BCUT2D eigenvalue weighted by Crippen LogP contribution is -2.50. The van der Waals surface area contributed by atoms with Gasteiger partial charge < -0.3 is 19.7 Å². The number of amides is 2. The first-order valence-electron chi connectivity index (χ1n) is 9.04. The number of carbonyl (C=O) groups is 2. The van der Waals surface area contributed by atoms with Crippen LogP contribution in [0.5, 0.6) is 11.5 Å². The van der Waals surface area contributed by atoms with Crippen LogP contribution in [0.25, 0.3) is 0 Å². The quantitative estimate of drug-likeness (QED) is 0.890. The topological polar surface area (TPSA) is 67.9 Å². The second kappa shape index (κ2) is 7.76. The second-order valence-electron chi connectivity index (χ2n) is 7.11. The molecule has 6 nitrogen and oxygen atoms in total. The van der Waals surface area contributed by atoms with E-state index in [0.717, 1.165) is 25.9 Å². The maximum Gasteiger partial charge on any atom is 0.252 e. The van der Waals surface area contributed by atoms with Crippen molar-refractivity contribution < 1.29 is 19.1 Å². The van der Waals surface area contributed by atoms with E-state index in [1.165, 1.54) is 6.42 Å². The first-order chi connectivity index (χ1) is 12.0. The Bertz CT molecular complexity index is 638. The average molecular weight is 346 g/mol. The monoisotopic (exact) mass is 346 g/mol. The van der Waals surface area contributed by atoms with E-state index in [1.54, 1.807) is 18.2 Å². The van der Waals surface area contributed by atoms with Gasteiger partial charge in [-0.25, -0.2) is 0 Å². The van der Waals surface area contributed by atoms with Crippen molar-refractivity contribution in [3.63, 3.8) is 0 Å². The number of likely N-dealkylation sites (tertiary alicyclic amines) is 1. The molecule has 0 saturated carbocycles. The zero-order chi connectivity index (χ0) is 17.8. The molecule has 1 N–H and O–H groups in total. The highest BCUT2D eigenvalue weighted by Crippen LogP contribution is 2.32. The molecule has 136 valence electrons. The van der Waals surface area contributed by atoms with Crippen LogP contribution in [-0.4, -0.2) is 42.6 Å². The van der Waals surface area contributed by atoms with E-state index in [9.17, 15) is 9.59 Å². The van der Waals surface area contributed by atoms with Crippen molar-refractivity contribution in [3.05, 3.63) is 23.8 Å². The van der Waals surface area contributed by atoms with Crippen LogP contribution in [0.15, 0.2) is 18.2 Å². The molecule has 0 unspecified atom stereocenters. The van der Waals surface area contributed by atoms with E-state index < -0.39 is 6.04 Å². The van der Waals surface area contributed by atoms with Crippen LogP contribution in [0.2, 0.25) is 0 Å². The van der Waals surface area contributed by atoms with Crippen LogP contribution < -0.4 is 14.8 Å². The van der Waals surface area contributed by atoms with Gasteiger partial charge in [-0.15, -0.1) is 0 Å². The molecule has 0 spiro atoms. The number of carbonyl (C=O) groups excluding carboxylic acids is 2.